The average Bonchev–Trinajstić information content (AvgIpc) is 3.36. The highest BCUT2D eigenvalue weighted by atomic mass is 16.2. The van der Waals surface area contributed by atoms with Gasteiger partial charge in [0.1, 0.15) is 5.82 Å². The number of rotatable bonds is 4. The second kappa shape index (κ2) is 8.77. The van der Waals surface area contributed by atoms with E-state index in [-0.39, 0.29) is 5.91 Å². The van der Waals surface area contributed by atoms with Gasteiger partial charge in [-0.15, -0.1) is 10.2 Å². The van der Waals surface area contributed by atoms with Gasteiger partial charge in [0.2, 0.25) is 0 Å². The van der Waals surface area contributed by atoms with E-state index in [9.17, 15) is 4.79 Å². The number of aromatic nitrogens is 3. The van der Waals surface area contributed by atoms with Gasteiger partial charge in [-0.2, -0.15) is 0 Å². The van der Waals surface area contributed by atoms with Crippen molar-refractivity contribution in [2.75, 3.05) is 46.3 Å². The van der Waals surface area contributed by atoms with Crippen molar-refractivity contribution in [3.05, 3.63) is 65.6 Å². The number of benzene rings is 1. The summed E-state index contributed by atoms with van der Waals surface area (Å²) >= 11 is 0. The molecule has 1 atom stereocenters. The minimum atomic E-state index is 0.106. The Morgan fingerprint density at radius 3 is 2.74 bits per heavy atom. The van der Waals surface area contributed by atoms with Crippen molar-refractivity contribution in [1.82, 2.24) is 29.3 Å². The van der Waals surface area contributed by atoms with Crippen molar-refractivity contribution in [2.24, 2.45) is 0 Å². The summed E-state index contributed by atoms with van der Waals surface area (Å²) in [7, 11) is 2.12. The van der Waals surface area contributed by atoms with Crippen LogP contribution < -0.4 is 0 Å². The van der Waals surface area contributed by atoms with Gasteiger partial charge >= 0.3 is 0 Å². The first-order chi connectivity index (χ1) is 15.2. The Morgan fingerprint density at radius 1 is 1.00 bits per heavy atom. The lowest BCUT2D eigenvalue weighted by molar-refractivity contribution is 0.0762. The molecule has 1 aromatic carbocycles. The minimum Gasteiger partial charge on any atom is -0.337 e. The molecule has 2 fully saturated rings. The quantitative estimate of drug-likeness (QED) is 0.652. The van der Waals surface area contributed by atoms with E-state index in [2.05, 4.69) is 57.4 Å². The molecular formula is C24H30N6O. The van der Waals surface area contributed by atoms with Crippen LogP contribution in [0.5, 0.6) is 0 Å². The van der Waals surface area contributed by atoms with Crippen LogP contribution in [-0.2, 0) is 6.54 Å². The maximum Gasteiger partial charge on any atom is 0.255 e. The number of amides is 1. The average molecular weight is 419 g/mol. The summed E-state index contributed by atoms with van der Waals surface area (Å²) in [6.45, 7) is 6.53. The number of pyridine rings is 1. The third-order valence-corrected chi connectivity index (χ3v) is 6.57. The topological polar surface area (TPSA) is 57.0 Å². The van der Waals surface area contributed by atoms with E-state index in [1.54, 1.807) is 0 Å². The molecule has 2 aliphatic heterocycles. The minimum absolute atomic E-state index is 0.106. The largest absolute Gasteiger partial charge is 0.337 e. The van der Waals surface area contributed by atoms with Crippen molar-refractivity contribution in [3.8, 4) is 0 Å². The zero-order chi connectivity index (χ0) is 21.2. The predicted octanol–water partition coefficient (Wildman–Crippen LogP) is 2.50. The molecule has 0 radical (unpaired) electrons. The fourth-order valence-corrected chi connectivity index (χ4v) is 4.77. The number of likely N-dealkylation sites (N-methyl/N-ethyl adjacent to an activating group) is 1. The maximum absolute atomic E-state index is 13.2. The smallest absolute Gasteiger partial charge is 0.255 e. The first kappa shape index (κ1) is 20.2. The molecule has 0 saturated carbocycles. The molecular weight excluding hydrogens is 388 g/mol. The number of likely N-dealkylation sites (tertiary alicyclic amines) is 1. The third kappa shape index (κ3) is 4.34. The van der Waals surface area contributed by atoms with Gasteiger partial charge in [0.05, 0.1) is 5.56 Å². The van der Waals surface area contributed by atoms with Crippen LogP contribution in [0.4, 0.5) is 0 Å². The van der Waals surface area contributed by atoms with Gasteiger partial charge in [-0.1, -0.05) is 30.3 Å². The molecule has 5 rings (SSSR count). The van der Waals surface area contributed by atoms with Crippen molar-refractivity contribution in [3.63, 3.8) is 0 Å². The molecule has 2 aliphatic rings. The van der Waals surface area contributed by atoms with Crippen LogP contribution in [0.25, 0.3) is 5.65 Å². The Hall–Kier alpha value is -2.77. The third-order valence-electron chi connectivity index (χ3n) is 6.57. The van der Waals surface area contributed by atoms with Gasteiger partial charge in [-0.05, 0) is 50.7 Å². The van der Waals surface area contributed by atoms with E-state index < -0.39 is 0 Å². The van der Waals surface area contributed by atoms with E-state index in [1.807, 2.05) is 27.6 Å². The van der Waals surface area contributed by atoms with E-state index in [0.29, 0.717) is 5.92 Å². The normalized spacial score (nSPS) is 20.9. The molecule has 31 heavy (non-hydrogen) atoms. The van der Waals surface area contributed by atoms with Crippen LogP contribution in [0.1, 0.15) is 40.5 Å². The fourth-order valence-electron chi connectivity index (χ4n) is 4.77. The highest BCUT2D eigenvalue weighted by Crippen LogP contribution is 2.27. The number of nitrogens with zero attached hydrogens (tertiary/aromatic N) is 6. The summed E-state index contributed by atoms with van der Waals surface area (Å²) in [5, 5.41) is 8.88. The summed E-state index contributed by atoms with van der Waals surface area (Å²) in [6, 6.07) is 14.4. The lowest BCUT2D eigenvalue weighted by Gasteiger charge is -2.20. The Bertz CT molecular complexity index is 1050. The molecule has 2 aromatic heterocycles. The number of carbonyl (C=O) groups excluding carboxylic acids is 1. The summed E-state index contributed by atoms with van der Waals surface area (Å²) < 4.78 is 2.04. The van der Waals surface area contributed by atoms with Crippen molar-refractivity contribution >= 4 is 11.6 Å². The molecule has 3 aromatic rings. The molecule has 0 bridgehead atoms. The van der Waals surface area contributed by atoms with Crippen LogP contribution >= 0.6 is 0 Å². The van der Waals surface area contributed by atoms with E-state index in [1.165, 1.54) is 5.56 Å². The second-order valence-electron chi connectivity index (χ2n) is 8.86. The van der Waals surface area contributed by atoms with Gasteiger partial charge in [0, 0.05) is 44.8 Å². The monoisotopic (exact) mass is 418 g/mol. The van der Waals surface area contributed by atoms with E-state index in [0.717, 1.165) is 75.7 Å². The zero-order valence-corrected chi connectivity index (χ0v) is 18.2. The predicted molar refractivity (Wildman–Crippen MR) is 120 cm³/mol. The van der Waals surface area contributed by atoms with Crippen LogP contribution in [-0.4, -0.2) is 81.5 Å². The number of hydrogen-bond acceptors (Lipinski definition) is 5. The van der Waals surface area contributed by atoms with E-state index in [4.69, 9.17) is 0 Å². The molecule has 2 saturated heterocycles. The van der Waals surface area contributed by atoms with Gasteiger partial charge in [0.25, 0.3) is 5.91 Å². The lowest BCUT2D eigenvalue weighted by atomic mass is 10.1. The molecule has 0 spiro atoms. The lowest BCUT2D eigenvalue weighted by Crippen LogP contribution is -2.34. The van der Waals surface area contributed by atoms with Crippen LogP contribution in [0, 0.1) is 0 Å². The molecule has 7 nitrogen and oxygen atoms in total. The number of hydrogen-bond donors (Lipinski definition) is 0. The van der Waals surface area contributed by atoms with E-state index >= 15 is 0 Å². The molecule has 4 heterocycles. The maximum atomic E-state index is 13.2. The standard InChI is InChI=1S/C24H30N6O/c1-27-11-5-12-29(15-14-27)24(31)21-8-9-22-25-26-23(30(22)18-21)20-10-13-28(17-20)16-19-6-3-2-4-7-19/h2-4,6-9,18,20H,5,10-17H2,1H3. The molecule has 0 aliphatic carbocycles. The Kier molecular flexibility index (Phi) is 5.70. The van der Waals surface area contributed by atoms with Crippen LogP contribution in [0.15, 0.2) is 48.7 Å². The first-order valence-corrected chi connectivity index (χ1v) is 11.3. The van der Waals surface area contributed by atoms with Crippen LogP contribution in [0.3, 0.4) is 0 Å². The van der Waals surface area contributed by atoms with Gasteiger partial charge in [0.15, 0.2) is 5.65 Å². The second-order valence-corrected chi connectivity index (χ2v) is 8.86. The van der Waals surface area contributed by atoms with Gasteiger partial charge in [-0.25, -0.2) is 0 Å². The summed E-state index contributed by atoms with van der Waals surface area (Å²) in [6.07, 6.45) is 4.02. The molecule has 1 unspecified atom stereocenters. The molecule has 7 heteroatoms. The highest BCUT2D eigenvalue weighted by Gasteiger charge is 2.28. The molecule has 162 valence electrons. The molecule has 1 amide bonds. The highest BCUT2D eigenvalue weighted by molar-refractivity contribution is 5.94. The van der Waals surface area contributed by atoms with Gasteiger partial charge in [-0.3, -0.25) is 14.1 Å². The zero-order valence-electron chi connectivity index (χ0n) is 18.2. The van der Waals surface area contributed by atoms with Crippen molar-refractivity contribution < 1.29 is 4.79 Å². The van der Waals surface area contributed by atoms with Crippen molar-refractivity contribution in [2.45, 2.75) is 25.3 Å². The van der Waals surface area contributed by atoms with Crippen LogP contribution in [0.2, 0.25) is 0 Å². The summed E-state index contributed by atoms with van der Waals surface area (Å²) in [4.78, 5) is 19.9. The number of carbonyl (C=O) groups is 1. The Morgan fingerprint density at radius 2 is 1.87 bits per heavy atom. The van der Waals surface area contributed by atoms with Crippen molar-refractivity contribution in [1.29, 1.82) is 0 Å². The summed E-state index contributed by atoms with van der Waals surface area (Å²) in [5.74, 6) is 1.40. The van der Waals surface area contributed by atoms with Gasteiger partial charge < -0.3 is 9.80 Å². The fraction of sp³-hybridized carbons (Fsp3) is 0.458. The Labute approximate surface area is 183 Å². The first-order valence-electron chi connectivity index (χ1n) is 11.3. The SMILES string of the molecule is CN1CCCN(C(=O)c2ccc3nnc(C4CCN(Cc5ccccc5)C4)n3c2)CC1. The Balaban J connectivity index is 1.33. The number of fused-ring (bicyclic) bond motifs is 1. The molecule has 0 N–H and O–H groups in total. The summed E-state index contributed by atoms with van der Waals surface area (Å²) in [5.41, 5.74) is 2.87.